The van der Waals surface area contributed by atoms with E-state index in [9.17, 15) is 0 Å². The molecule has 0 radical (unpaired) electrons. The van der Waals surface area contributed by atoms with Crippen molar-refractivity contribution in [2.45, 2.75) is 51.6 Å². The molecule has 0 N–H and O–H groups in total. The second-order valence-corrected chi connectivity index (χ2v) is 7.25. The molecule has 4 heteroatoms. The van der Waals surface area contributed by atoms with Crippen LogP contribution in [-0.4, -0.2) is 18.5 Å². The van der Waals surface area contributed by atoms with Crippen LogP contribution in [0, 0.1) is 7.14 Å². The highest BCUT2D eigenvalue weighted by molar-refractivity contribution is 14.1. The summed E-state index contributed by atoms with van der Waals surface area (Å²) in [6.07, 6.45) is 3.47. The Morgan fingerprint density at radius 3 is 2.44 bits per heavy atom. The van der Waals surface area contributed by atoms with E-state index >= 15 is 0 Å². The summed E-state index contributed by atoms with van der Waals surface area (Å²) in [6.45, 7) is 4.31. The van der Waals surface area contributed by atoms with Gasteiger partial charge >= 0.3 is 0 Å². The normalized spacial score (nSPS) is 28.3. The van der Waals surface area contributed by atoms with Crippen LogP contribution < -0.4 is 0 Å². The van der Waals surface area contributed by atoms with Gasteiger partial charge in [-0.3, -0.25) is 0 Å². The number of hydrogen-bond donors (Lipinski definition) is 0. The van der Waals surface area contributed by atoms with Crippen LogP contribution in [0.3, 0.4) is 0 Å². The molecule has 100 valence electrons. The number of ether oxygens (including phenoxy) is 2. The molecular formula is C14H18I2O2. The summed E-state index contributed by atoms with van der Waals surface area (Å²) >= 11 is 4.71. The van der Waals surface area contributed by atoms with E-state index in [2.05, 4.69) is 77.2 Å². The van der Waals surface area contributed by atoms with Crippen molar-refractivity contribution < 1.29 is 9.47 Å². The fourth-order valence-corrected chi connectivity index (χ4v) is 4.33. The standard InChI is InChI=1S/C14H18I2O2/c1-3-13-4-9(2)17-14(18-13)7-10-5-11(15)8-12(16)6-10/h5-6,8-9,13-14H,3-4,7H2,1-2H3. The first kappa shape index (κ1) is 15.0. The zero-order valence-electron chi connectivity index (χ0n) is 10.7. The molecule has 0 aromatic heterocycles. The van der Waals surface area contributed by atoms with Gasteiger partial charge in [0.25, 0.3) is 0 Å². The second kappa shape index (κ2) is 6.85. The summed E-state index contributed by atoms with van der Waals surface area (Å²) < 4.78 is 14.4. The van der Waals surface area contributed by atoms with Gasteiger partial charge in [-0.2, -0.15) is 0 Å². The van der Waals surface area contributed by atoms with Crippen LogP contribution in [0.1, 0.15) is 32.3 Å². The van der Waals surface area contributed by atoms with Crippen molar-refractivity contribution in [2.24, 2.45) is 0 Å². The van der Waals surface area contributed by atoms with E-state index in [-0.39, 0.29) is 6.29 Å². The lowest BCUT2D eigenvalue weighted by molar-refractivity contribution is -0.237. The highest BCUT2D eigenvalue weighted by Crippen LogP contribution is 2.24. The summed E-state index contributed by atoms with van der Waals surface area (Å²) in [5.41, 5.74) is 1.29. The van der Waals surface area contributed by atoms with Crippen LogP contribution >= 0.6 is 45.2 Å². The van der Waals surface area contributed by atoms with E-state index in [1.54, 1.807) is 0 Å². The Kier molecular flexibility index (Phi) is 5.71. The van der Waals surface area contributed by atoms with E-state index in [1.165, 1.54) is 12.7 Å². The van der Waals surface area contributed by atoms with Crippen LogP contribution in [0.5, 0.6) is 0 Å². The molecule has 1 heterocycles. The van der Waals surface area contributed by atoms with Crippen molar-refractivity contribution in [3.8, 4) is 0 Å². The Labute approximate surface area is 136 Å². The van der Waals surface area contributed by atoms with Crippen molar-refractivity contribution in [1.82, 2.24) is 0 Å². The average molecular weight is 472 g/mol. The maximum atomic E-state index is 5.96. The molecule has 1 aromatic carbocycles. The maximum absolute atomic E-state index is 5.96. The van der Waals surface area contributed by atoms with E-state index in [1.807, 2.05) is 0 Å². The van der Waals surface area contributed by atoms with Gasteiger partial charge in [0.2, 0.25) is 0 Å². The molecule has 1 aromatic rings. The minimum atomic E-state index is -0.0901. The Balaban J connectivity index is 2.03. The summed E-state index contributed by atoms with van der Waals surface area (Å²) in [7, 11) is 0. The minimum absolute atomic E-state index is 0.0901. The highest BCUT2D eigenvalue weighted by Gasteiger charge is 2.26. The van der Waals surface area contributed by atoms with Crippen molar-refractivity contribution >= 4 is 45.2 Å². The number of hydrogen-bond acceptors (Lipinski definition) is 2. The molecule has 3 unspecified atom stereocenters. The zero-order valence-corrected chi connectivity index (χ0v) is 15.0. The maximum Gasteiger partial charge on any atom is 0.162 e. The van der Waals surface area contributed by atoms with Gasteiger partial charge in [-0.05, 0) is 88.7 Å². The third kappa shape index (κ3) is 4.31. The summed E-state index contributed by atoms with van der Waals surface area (Å²) in [6, 6.07) is 6.58. The molecule has 0 bridgehead atoms. The Morgan fingerprint density at radius 2 is 1.83 bits per heavy atom. The van der Waals surface area contributed by atoms with Crippen LogP contribution in [0.4, 0.5) is 0 Å². The molecule has 2 rings (SSSR count). The van der Waals surface area contributed by atoms with Crippen LogP contribution in [-0.2, 0) is 15.9 Å². The van der Waals surface area contributed by atoms with E-state index in [0.29, 0.717) is 12.2 Å². The third-order valence-corrected chi connectivity index (χ3v) is 4.35. The lowest BCUT2D eigenvalue weighted by Gasteiger charge is -2.34. The summed E-state index contributed by atoms with van der Waals surface area (Å²) in [4.78, 5) is 0. The van der Waals surface area contributed by atoms with Crippen molar-refractivity contribution in [3.63, 3.8) is 0 Å². The lowest BCUT2D eigenvalue weighted by atomic mass is 10.1. The van der Waals surface area contributed by atoms with Gasteiger partial charge < -0.3 is 9.47 Å². The number of rotatable bonds is 3. The van der Waals surface area contributed by atoms with Gasteiger partial charge in [0.1, 0.15) is 0 Å². The van der Waals surface area contributed by atoms with Gasteiger partial charge in [0, 0.05) is 13.6 Å². The number of halogens is 2. The first-order valence-electron chi connectivity index (χ1n) is 6.32. The van der Waals surface area contributed by atoms with Gasteiger partial charge in [0.15, 0.2) is 6.29 Å². The molecule has 0 spiro atoms. The first-order chi connectivity index (χ1) is 8.56. The average Bonchev–Trinajstić information content (AvgIpc) is 2.26. The van der Waals surface area contributed by atoms with Crippen LogP contribution in [0.2, 0.25) is 0 Å². The van der Waals surface area contributed by atoms with E-state index in [0.717, 1.165) is 19.3 Å². The quantitative estimate of drug-likeness (QED) is 0.609. The predicted molar refractivity (Wildman–Crippen MR) is 89.7 cm³/mol. The van der Waals surface area contributed by atoms with Gasteiger partial charge in [-0.1, -0.05) is 6.92 Å². The fourth-order valence-electron chi connectivity index (χ4n) is 2.27. The molecular weight excluding hydrogens is 454 g/mol. The summed E-state index contributed by atoms with van der Waals surface area (Å²) in [5, 5.41) is 0. The monoisotopic (exact) mass is 472 g/mol. The van der Waals surface area contributed by atoms with Crippen molar-refractivity contribution in [3.05, 3.63) is 30.9 Å². The lowest BCUT2D eigenvalue weighted by Crippen LogP contribution is -2.37. The van der Waals surface area contributed by atoms with Crippen molar-refractivity contribution in [1.29, 1.82) is 0 Å². The molecule has 2 nitrogen and oxygen atoms in total. The number of benzene rings is 1. The van der Waals surface area contributed by atoms with Gasteiger partial charge in [0.05, 0.1) is 12.2 Å². The van der Waals surface area contributed by atoms with Crippen molar-refractivity contribution in [2.75, 3.05) is 0 Å². The molecule has 18 heavy (non-hydrogen) atoms. The second-order valence-electron chi connectivity index (χ2n) is 4.76. The van der Waals surface area contributed by atoms with Crippen LogP contribution in [0.25, 0.3) is 0 Å². The smallest absolute Gasteiger partial charge is 0.162 e. The molecule has 1 aliphatic heterocycles. The first-order valence-corrected chi connectivity index (χ1v) is 8.48. The predicted octanol–water partition coefficient (Wildman–Crippen LogP) is 4.37. The SMILES string of the molecule is CCC1CC(C)OC(Cc2cc(I)cc(I)c2)O1. The highest BCUT2D eigenvalue weighted by atomic mass is 127. The zero-order chi connectivity index (χ0) is 13.1. The fraction of sp³-hybridized carbons (Fsp3) is 0.571. The van der Waals surface area contributed by atoms with Gasteiger partial charge in [-0.25, -0.2) is 0 Å². The molecule has 0 aliphatic carbocycles. The molecule has 1 aliphatic rings. The van der Waals surface area contributed by atoms with E-state index < -0.39 is 0 Å². The Morgan fingerprint density at radius 1 is 1.17 bits per heavy atom. The third-order valence-electron chi connectivity index (χ3n) is 3.10. The molecule has 3 atom stereocenters. The molecule has 0 amide bonds. The Bertz CT molecular complexity index is 389. The van der Waals surface area contributed by atoms with Gasteiger partial charge in [-0.15, -0.1) is 0 Å². The topological polar surface area (TPSA) is 18.5 Å². The Hall–Kier alpha value is 0.600. The summed E-state index contributed by atoms with van der Waals surface area (Å²) in [5.74, 6) is 0. The molecule has 0 saturated carbocycles. The molecule has 1 fully saturated rings. The van der Waals surface area contributed by atoms with E-state index in [4.69, 9.17) is 9.47 Å². The minimum Gasteiger partial charge on any atom is -0.349 e. The van der Waals surface area contributed by atoms with Crippen LogP contribution in [0.15, 0.2) is 18.2 Å². The largest absolute Gasteiger partial charge is 0.349 e. The molecule has 1 saturated heterocycles.